The summed E-state index contributed by atoms with van der Waals surface area (Å²) in [7, 11) is 2.00. The Hall–Kier alpha value is -2.64. The highest BCUT2D eigenvalue weighted by molar-refractivity contribution is 5.92. The van der Waals surface area contributed by atoms with E-state index in [-0.39, 0.29) is 11.9 Å². The van der Waals surface area contributed by atoms with E-state index in [2.05, 4.69) is 40.6 Å². The van der Waals surface area contributed by atoms with E-state index >= 15 is 0 Å². The number of nitriles is 1. The van der Waals surface area contributed by atoms with Gasteiger partial charge in [-0.25, -0.2) is 0 Å². The minimum atomic E-state index is -0.0596. The van der Waals surface area contributed by atoms with Crippen molar-refractivity contribution in [2.45, 2.75) is 25.3 Å². The minimum Gasteiger partial charge on any atom is -0.325 e. The molecule has 1 N–H and O–H groups in total. The lowest BCUT2D eigenvalue weighted by molar-refractivity contribution is -0.117. The molecule has 4 heteroatoms. The number of aryl methyl sites for hydroxylation is 1. The van der Waals surface area contributed by atoms with E-state index in [0.29, 0.717) is 17.8 Å². The molecule has 0 bridgehead atoms. The molecule has 0 radical (unpaired) electrons. The van der Waals surface area contributed by atoms with E-state index in [4.69, 9.17) is 5.26 Å². The fraction of sp³-hybridized carbons (Fsp3) is 0.300. The van der Waals surface area contributed by atoms with Crippen LogP contribution in [0.25, 0.3) is 0 Å². The van der Waals surface area contributed by atoms with E-state index in [1.165, 1.54) is 11.1 Å². The number of benzene rings is 2. The van der Waals surface area contributed by atoms with Gasteiger partial charge in [-0.15, -0.1) is 0 Å². The molecule has 0 saturated heterocycles. The van der Waals surface area contributed by atoms with Gasteiger partial charge in [-0.3, -0.25) is 9.69 Å². The van der Waals surface area contributed by atoms with Crippen LogP contribution in [-0.2, 0) is 11.2 Å². The summed E-state index contributed by atoms with van der Waals surface area (Å²) in [5, 5.41) is 11.8. The van der Waals surface area contributed by atoms with Crippen LogP contribution in [-0.4, -0.2) is 24.4 Å². The Labute approximate surface area is 142 Å². The summed E-state index contributed by atoms with van der Waals surface area (Å²) in [6.45, 7) is 0.329. The molecule has 1 amide bonds. The van der Waals surface area contributed by atoms with E-state index < -0.39 is 0 Å². The Bertz CT molecular complexity index is 778. The maximum Gasteiger partial charge on any atom is 0.238 e. The Morgan fingerprint density at radius 3 is 2.96 bits per heavy atom. The van der Waals surface area contributed by atoms with Gasteiger partial charge in [0.1, 0.15) is 0 Å². The smallest absolute Gasteiger partial charge is 0.238 e. The number of carbonyl (C=O) groups is 1. The van der Waals surface area contributed by atoms with Crippen LogP contribution < -0.4 is 5.32 Å². The molecule has 1 aliphatic rings. The van der Waals surface area contributed by atoms with E-state index in [0.717, 1.165) is 19.3 Å². The Morgan fingerprint density at radius 2 is 2.12 bits per heavy atom. The molecule has 2 aromatic carbocycles. The van der Waals surface area contributed by atoms with Gasteiger partial charge in [0.15, 0.2) is 0 Å². The van der Waals surface area contributed by atoms with Gasteiger partial charge in [0.05, 0.1) is 18.2 Å². The van der Waals surface area contributed by atoms with E-state index in [9.17, 15) is 4.79 Å². The number of hydrogen-bond donors (Lipinski definition) is 1. The molecule has 3 rings (SSSR count). The van der Waals surface area contributed by atoms with Gasteiger partial charge in [-0.2, -0.15) is 5.26 Å². The first-order valence-electron chi connectivity index (χ1n) is 8.25. The van der Waals surface area contributed by atoms with Crippen molar-refractivity contribution >= 4 is 11.6 Å². The van der Waals surface area contributed by atoms with Gasteiger partial charge in [0, 0.05) is 11.7 Å². The molecule has 0 aromatic heterocycles. The lowest BCUT2D eigenvalue weighted by Gasteiger charge is -2.32. The van der Waals surface area contributed by atoms with Crippen molar-refractivity contribution in [1.82, 2.24) is 4.90 Å². The van der Waals surface area contributed by atoms with Crippen LogP contribution in [0.4, 0.5) is 5.69 Å². The SMILES string of the molecule is CN(CC(=O)Nc1cccc(C#N)c1)[C@H]1CCCc2ccccc21. The lowest BCUT2D eigenvalue weighted by Crippen LogP contribution is -2.34. The number of anilines is 1. The molecule has 4 nitrogen and oxygen atoms in total. The molecule has 0 fully saturated rings. The predicted molar refractivity (Wildman–Crippen MR) is 94.5 cm³/mol. The Morgan fingerprint density at radius 1 is 1.29 bits per heavy atom. The number of nitrogens with zero attached hydrogens (tertiary/aromatic N) is 2. The first-order chi connectivity index (χ1) is 11.7. The molecule has 1 atom stereocenters. The van der Waals surface area contributed by atoms with Gasteiger partial charge in [-0.05, 0) is 55.6 Å². The minimum absolute atomic E-state index is 0.0596. The predicted octanol–water partition coefficient (Wildman–Crippen LogP) is 3.51. The number of rotatable bonds is 4. The quantitative estimate of drug-likeness (QED) is 0.938. The standard InChI is InChI=1S/C20H21N3O/c1-23(19-11-5-8-16-7-2-3-10-18(16)19)14-20(24)22-17-9-4-6-15(12-17)13-21/h2-4,6-7,9-10,12,19H,5,8,11,14H2,1H3,(H,22,24)/t19-/m0/s1. The maximum absolute atomic E-state index is 12.3. The van der Waals surface area contributed by atoms with Gasteiger partial charge >= 0.3 is 0 Å². The molecule has 24 heavy (non-hydrogen) atoms. The van der Waals surface area contributed by atoms with Crippen molar-refractivity contribution in [2.75, 3.05) is 18.9 Å². The second-order valence-electron chi connectivity index (χ2n) is 6.26. The first-order valence-corrected chi connectivity index (χ1v) is 8.25. The Kier molecular flexibility index (Phi) is 4.93. The fourth-order valence-corrected chi connectivity index (χ4v) is 3.39. The monoisotopic (exact) mass is 319 g/mol. The highest BCUT2D eigenvalue weighted by Gasteiger charge is 2.24. The lowest BCUT2D eigenvalue weighted by atomic mass is 9.87. The summed E-state index contributed by atoms with van der Waals surface area (Å²) in [6, 6.07) is 17.9. The van der Waals surface area contributed by atoms with Crippen molar-refractivity contribution in [3.05, 3.63) is 65.2 Å². The van der Waals surface area contributed by atoms with Gasteiger partial charge in [0.2, 0.25) is 5.91 Å². The molecule has 0 heterocycles. The summed E-state index contributed by atoms with van der Waals surface area (Å²) in [6.07, 6.45) is 3.34. The third-order valence-corrected chi connectivity index (χ3v) is 4.54. The summed E-state index contributed by atoms with van der Waals surface area (Å²) in [5.41, 5.74) is 3.94. The molecular weight excluding hydrogens is 298 g/mol. The average Bonchev–Trinajstić information content (AvgIpc) is 2.61. The molecule has 0 spiro atoms. The largest absolute Gasteiger partial charge is 0.325 e. The number of hydrogen-bond acceptors (Lipinski definition) is 3. The van der Waals surface area contributed by atoms with Crippen LogP contribution in [0.3, 0.4) is 0 Å². The highest BCUT2D eigenvalue weighted by Crippen LogP contribution is 2.33. The van der Waals surface area contributed by atoms with Gasteiger partial charge in [0.25, 0.3) is 0 Å². The molecule has 0 aliphatic heterocycles. The number of likely N-dealkylation sites (N-methyl/N-ethyl adjacent to an activating group) is 1. The van der Waals surface area contributed by atoms with E-state index in [1.807, 2.05) is 7.05 Å². The normalized spacial score (nSPS) is 16.3. The number of carbonyl (C=O) groups excluding carboxylic acids is 1. The molecule has 122 valence electrons. The van der Waals surface area contributed by atoms with Crippen LogP contribution in [0.15, 0.2) is 48.5 Å². The van der Waals surface area contributed by atoms with Crippen LogP contribution in [0.5, 0.6) is 0 Å². The van der Waals surface area contributed by atoms with Crippen LogP contribution in [0.2, 0.25) is 0 Å². The van der Waals surface area contributed by atoms with Crippen molar-refractivity contribution in [2.24, 2.45) is 0 Å². The highest BCUT2D eigenvalue weighted by atomic mass is 16.2. The first kappa shape index (κ1) is 16.2. The number of fused-ring (bicyclic) bond motifs is 1. The summed E-state index contributed by atoms with van der Waals surface area (Å²) >= 11 is 0. The summed E-state index contributed by atoms with van der Waals surface area (Å²) < 4.78 is 0. The van der Waals surface area contributed by atoms with Crippen molar-refractivity contribution in [3.8, 4) is 6.07 Å². The summed E-state index contributed by atoms with van der Waals surface area (Å²) in [4.78, 5) is 14.5. The number of amides is 1. The van der Waals surface area contributed by atoms with Crippen molar-refractivity contribution < 1.29 is 4.79 Å². The van der Waals surface area contributed by atoms with E-state index in [1.54, 1.807) is 24.3 Å². The molecule has 0 saturated carbocycles. The van der Waals surface area contributed by atoms with Crippen molar-refractivity contribution in [3.63, 3.8) is 0 Å². The zero-order valence-corrected chi connectivity index (χ0v) is 13.8. The van der Waals surface area contributed by atoms with Crippen LogP contribution in [0, 0.1) is 11.3 Å². The third-order valence-electron chi connectivity index (χ3n) is 4.54. The topological polar surface area (TPSA) is 56.1 Å². The fourth-order valence-electron chi connectivity index (χ4n) is 3.39. The average molecular weight is 319 g/mol. The molecule has 1 aliphatic carbocycles. The van der Waals surface area contributed by atoms with Gasteiger partial charge < -0.3 is 5.32 Å². The zero-order valence-electron chi connectivity index (χ0n) is 13.8. The zero-order chi connectivity index (χ0) is 16.9. The third kappa shape index (κ3) is 3.64. The second kappa shape index (κ2) is 7.29. The van der Waals surface area contributed by atoms with Crippen molar-refractivity contribution in [1.29, 1.82) is 5.26 Å². The number of nitrogens with one attached hydrogen (secondary N) is 1. The molecule has 2 aromatic rings. The van der Waals surface area contributed by atoms with Crippen LogP contribution in [0.1, 0.15) is 35.6 Å². The second-order valence-corrected chi connectivity index (χ2v) is 6.26. The Balaban J connectivity index is 1.66. The maximum atomic E-state index is 12.3. The molecule has 0 unspecified atom stereocenters. The van der Waals surface area contributed by atoms with Crippen LogP contribution >= 0.6 is 0 Å². The van der Waals surface area contributed by atoms with Gasteiger partial charge in [-0.1, -0.05) is 30.3 Å². The molecular formula is C20H21N3O. The summed E-state index contributed by atoms with van der Waals surface area (Å²) in [5.74, 6) is -0.0596.